The average Bonchev–Trinajstić information content (AvgIpc) is 3.47. The maximum Gasteiger partial charge on any atom is 0.357 e. The first-order valence-corrected chi connectivity index (χ1v) is 10.2. The van der Waals surface area contributed by atoms with Gasteiger partial charge in [-0.05, 0) is 49.8 Å². The number of esters is 1. The summed E-state index contributed by atoms with van der Waals surface area (Å²) in [5.41, 5.74) is 2.09. The second-order valence-electron chi connectivity index (χ2n) is 7.99. The maximum atomic E-state index is 12.7. The molecule has 2 fully saturated rings. The fourth-order valence-electron chi connectivity index (χ4n) is 3.87. The molecule has 0 spiro atoms. The van der Waals surface area contributed by atoms with Gasteiger partial charge in [0.2, 0.25) is 0 Å². The molecule has 2 aliphatic rings. The van der Waals surface area contributed by atoms with Crippen molar-refractivity contribution in [1.82, 2.24) is 15.1 Å². The molecule has 2 saturated carbocycles. The molecule has 4 rings (SSSR count). The Kier molecular flexibility index (Phi) is 5.46. The number of aromatic nitrogens is 2. The third-order valence-electron chi connectivity index (χ3n) is 5.73. The summed E-state index contributed by atoms with van der Waals surface area (Å²) in [5.74, 6) is 0.136. The van der Waals surface area contributed by atoms with Crippen molar-refractivity contribution in [3.63, 3.8) is 0 Å². The van der Waals surface area contributed by atoms with Gasteiger partial charge >= 0.3 is 5.97 Å². The fourth-order valence-corrected chi connectivity index (χ4v) is 3.87. The molecule has 148 valence electrons. The highest BCUT2D eigenvalue weighted by atomic mass is 16.5. The summed E-state index contributed by atoms with van der Waals surface area (Å²) in [4.78, 5) is 25.0. The lowest BCUT2D eigenvalue weighted by molar-refractivity contribution is -0.125. The second-order valence-corrected chi connectivity index (χ2v) is 7.99. The molecule has 0 saturated heterocycles. The van der Waals surface area contributed by atoms with Crippen LogP contribution in [0.4, 0.5) is 0 Å². The summed E-state index contributed by atoms with van der Waals surface area (Å²) in [6, 6.07) is 11.5. The van der Waals surface area contributed by atoms with Gasteiger partial charge in [0.05, 0.1) is 11.4 Å². The molecule has 2 aliphatic carbocycles. The van der Waals surface area contributed by atoms with E-state index in [4.69, 9.17) is 4.74 Å². The zero-order valence-corrected chi connectivity index (χ0v) is 16.3. The number of ether oxygens (including phenoxy) is 1. The van der Waals surface area contributed by atoms with E-state index in [9.17, 15) is 9.59 Å². The van der Waals surface area contributed by atoms with Crippen molar-refractivity contribution in [2.75, 3.05) is 6.61 Å². The van der Waals surface area contributed by atoms with Gasteiger partial charge < -0.3 is 10.1 Å². The van der Waals surface area contributed by atoms with Crippen LogP contribution in [0.2, 0.25) is 0 Å². The smallest absolute Gasteiger partial charge is 0.357 e. The Labute approximate surface area is 165 Å². The van der Waals surface area contributed by atoms with Crippen LogP contribution in [0.25, 0.3) is 5.69 Å². The minimum Gasteiger partial charge on any atom is -0.451 e. The van der Waals surface area contributed by atoms with Crippen molar-refractivity contribution < 1.29 is 14.3 Å². The fraction of sp³-hybridized carbons (Fsp3) is 0.500. The number of hydrogen-bond acceptors (Lipinski definition) is 4. The molecular weight excluding hydrogens is 354 g/mol. The number of amides is 1. The summed E-state index contributed by atoms with van der Waals surface area (Å²) in [6.07, 6.45) is 6.67. The zero-order chi connectivity index (χ0) is 19.5. The van der Waals surface area contributed by atoms with Crippen molar-refractivity contribution in [2.24, 2.45) is 5.92 Å². The van der Waals surface area contributed by atoms with E-state index in [1.54, 1.807) is 10.7 Å². The van der Waals surface area contributed by atoms with E-state index in [2.05, 4.69) is 17.3 Å². The Morgan fingerprint density at radius 3 is 2.61 bits per heavy atom. The largest absolute Gasteiger partial charge is 0.451 e. The average molecular weight is 381 g/mol. The van der Waals surface area contributed by atoms with Crippen LogP contribution in [-0.4, -0.2) is 34.3 Å². The van der Waals surface area contributed by atoms with E-state index >= 15 is 0 Å². The molecule has 6 heteroatoms. The molecule has 28 heavy (non-hydrogen) atoms. The van der Waals surface area contributed by atoms with Crippen molar-refractivity contribution >= 4 is 11.9 Å². The van der Waals surface area contributed by atoms with Gasteiger partial charge in [0.25, 0.3) is 5.91 Å². The van der Waals surface area contributed by atoms with Crippen molar-refractivity contribution in [1.29, 1.82) is 0 Å². The Morgan fingerprint density at radius 1 is 1.14 bits per heavy atom. The number of carbonyl (C=O) groups excluding carboxylic acids is 2. The van der Waals surface area contributed by atoms with Gasteiger partial charge in [-0.3, -0.25) is 4.79 Å². The summed E-state index contributed by atoms with van der Waals surface area (Å²) in [7, 11) is 0. The van der Waals surface area contributed by atoms with Crippen molar-refractivity contribution in [3.8, 4) is 5.69 Å². The molecule has 0 aliphatic heterocycles. The molecule has 1 aromatic heterocycles. The standard InChI is InChI=1S/C22H27N3O3/c1-15-7-5-6-10-18(15)23-21(26)14-28-22(27)20-13-19(16-11-12-16)24-25(20)17-8-3-2-4-9-17/h2-4,8-9,13,15-16,18H,5-7,10-12,14H2,1H3,(H,23,26)/t15-,18+/m0/s1. The molecule has 2 aromatic rings. The number of nitrogens with one attached hydrogen (secondary N) is 1. The normalized spacial score (nSPS) is 21.9. The predicted molar refractivity (Wildman–Crippen MR) is 105 cm³/mol. The van der Waals surface area contributed by atoms with Gasteiger partial charge in [0, 0.05) is 12.0 Å². The highest BCUT2D eigenvalue weighted by molar-refractivity contribution is 5.90. The van der Waals surface area contributed by atoms with Crippen LogP contribution < -0.4 is 5.32 Å². The second kappa shape index (κ2) is 8.17. The minimum atomic E-state index is -0.518. The summed E-state index contributed by atoms with van der Waals surface area (Å²) < 4.78 is 6.95. The molecule has 0 radical (unpaired) electrons. The van der Waals surface area contributed by atoms with E-state index < -0.39 is 5.97 Å². The highest BCUT2D eigenvalue weighted by Crippen LogP contribution is 2.39. The Bertz CT molecular complexity index is 842. The number of hydrogen-bond donors (Lipinski definition) is 1. The van der Waals surface area contributed by atoms with E-state index in [-0.39, 0.29) is 18.6 Å². The van der Waals surface area contributed by atoms with Gasteiger partial charge in [-0.25, -0.2) is 9.48 Å². The molecule has 6 nitrogen and oxygen atoms in total. The lowest BCUT2D eigenvalue weighted by Crippen LogP contribution is -2.42. The Hall–Kier alpha value is -2.63. The van der Waals surface area contributed by atoms with Crippen LogP contribution in [0.15, 0.2) is 36.4 Å². The molecule has 2 atom stereocenters. The monoisotopic (exact) mass is 381 g/mol. The topological polar surface area (TPSA) is 73.2 Å². The van der Waals surface area contributed by atoms with Gasteiger partial charge in [-0.1, -0.05) is 38.0 Å². The zero-order valence-electron chi connectivity index (χ0n) is 16.3. The molecule has 1 heterocycles. The lowest BCUT2D eigenvalue weighted by atomic mass is 9.86. The summed E-state index contributed by atoms with van der Waals surface area (Å²) in [6.45, 7) is 1.90. The van der Waals surface area contributed by atoms with Crippen molar-refractivity contribution in [3.05, 3.63) is 47.8 Å². The predicted octanol–water partition coefficient (Wildman–Crippen LogP) is 3.60. The van der Waals surface area contributed by atoms with E-state index in [0.717, 1.165) is 43.5 Å². The molecule has 0 bridgehead atoms. The highest BCUT2D eigenvalue weighted by Gasteiger charge is 2.30. The van der Waals surface area contributed by atoms with Crippen LogP contribution in [0.3, 0.4) is 0 Å². The lowest BCUT2D eigenvalue weighted by Gasteiger charge is -2.29. The quantitative estimate of drug-likeness (QED) is 0.776. The number of nitrogens with zero attached hydrogens (tertiary/aromatic N) is 2. The third kappa shape index (κ3) is 4.26. The van der Waals surface area contributed by atoms with Gasteiger partial charge in [-0.2, -0.15) is 5.10 Å². The Balaban J connectivity index is 1.42. The number of rotatable bonds is 6. The van der Waals surface area contributed by atoms with Crippen LogP contribution >= 0.6 is 0 Å². The minimum absolute atomic E-state index is 0.177. The summed E-state index contributed by atoms with van der Waals surface area (Å²) >= 11 is 0. The first-order valence-electron chi connectivity index (χ1n) is 10.2. The first kappa shape index (κ1) is 18.7. The SMILES string of the molecule is C[C@H]1CCCC[C@H]1NC(=O)COC(=O)c1cc(C2CC2)nn1-c1ccccc1. The van der Waals surface area contributed by atoms with Crippen LogP contribution in [0, 0.1) is 5.92 Å². The van der Waals surface area contributed by atoms with Gasteiger partial charge in [0.15, 0.2) is 12.3 Å². The van der Waals surface area contributed by atoms with Crippen LogP contribution in [-0.2, 0) is 9.53 Å². The van der Waals surface area contributed by atoms with Gasteiger partial charge in [-0.15, -0.1) is 0 Å². The molecule has 1 aromatic carbocycles. The number of para-hydroxylation sites is 1. The third-order valence-corrected chi connectivity index (χ3v) is 5.73. The maximum absolute atomic E-state index is 12.7. The van der Waals surface area contributed by atoms with Crippen LogP contribution in [0.5, 0.6) is 0 Å². The molecule has 1 N–H and O–H groups in total. The molecule has 1 amide bonds. The number of carbonyl (C=O) groups is 2. The van der Waals surface area contributed by atoms with Crippen molar-refractivity contribution in [2.45, 2.75) is 57.4 Å². The van der Waals surface area contributed by atoms with E-state index in [0.29, 0.717) is 17.5 Å². The summed E-state index contributed by atoms with van der Waals surface area (Å²) in [5, 5.41) is 7.63. The molecular formula is C22H27N3O3. The molecule has 0 unspecified atom stereocenters. The van der Waals surface area contributed by atoms with Crippen LogP contribution in [0.1, 0.15) is 67.5 Å². The number of benzene rings is 1. The Morgan fingerprint density at radius 2 is 1.89 bits per heavy atom. The van der Waals surface area contributed by atoms with E-state index in [1.165, 1.54) is 6.42 Å². The first-order chi connectivity index (χ1) is 13.6. The van der Waals surface area contributed by atoms with E-state index in [1.807, 2.05) is 30.3 Å². The van der Waals surface area contributed by atoms with Gasteiger partial charge in [0.1, 0.15) is 0 Å².